The Labute approximate surface area is 132 Å². The van der Waals surface area contributed by atoms with Gasteiger partial charge in [-0.3, -0.25) is 0 Å². The number of hydrogen-bond acceptors (Lipinski definition) is 3. The van der Waals surface area contributed by atoms with Crippen molar-refractivity contribution in [2.75, 3.05) is 5.32 Å². The van der Waals surface area contributed by atoms with Crippen LogP contribution in [0.3, 0.4) is 0 Å². The summed E-state index contributed by atoms with van der Waals surface area (Å²) in [5.74, 6) is 0. The molecule has 3 rings (SSSR count). The Hall–Kier alpha value is -2.66. The van der Waals surface area contributed by atoms with Gasteiger partial charge in [-0.15, -0.1) is 11.3 Å². The molecule has 0 atom stereocenters. The molecular formula is C17H15N3OS. The summed E-state index contributed by atoms with van der Waals surface area (Å²) in [5, 5.41) is 8.59. The molecule has 1 heterocycles. The van der Waals surface area contributed by atoms with E-state index in [0.29, 0.717) is 6.54 Å². The summed E-state index contributed by atoms with van der Waals surface area (Å²) in [6.07, 6.45) is 1.78. The van der Waals surface area contributed by atoms with Crippen molar-refractivity contribution >= 4 is 23.1 Å². The van der Waals surface area contributed by atoms with Gasteiger partial charge < -0.3 is 10.6 Å². The fourth-order valence-electron chi connectivity index (χ4n) is 2.11. The minimum Gasteiger partial charge on any atom is -0.334 e. The van der Waals surface area contributed by atoms with E-state index in [2.05, 4.69) is 15.6 Å². The number of amides is 2. The predicted octanol–water partition coefficient (Wildman–Crippen LogP) is 4.13. The Morgan fingerprint density at radius 3 is 2.59 bits per heavy atom. The van der Waals surface area contributed by atoms with Gasteiger partial charge in [-0.25, -0.2) is 9.78 Å². The van der Waals surface area contributed by atoms with Crippen molar-refractivity contribution in [2.24, 2.45) is 0 Å². The number of carbonyl (C=O) groups is 1. The summed E-state index contributed by atoms with van der Waals surface area (Å²) in [5.41, 5.74) is 2.87. The Morgan fingerprint density at radius 1 is 1.05 bits per heavy atom. The zero-order valence-corrected chi connectivity index (χ0v) is 12.6. The second-order valence-electron chi connectivity index (χ2n) is 4.67. The van der Waals surface area contributed by atoms with Gasteiger partial charge >= 0.3 is 6.03 Å². The molecule has 0 radical (unpaired) electrons. The van der Waals surface area contributed by atoms with Crippen LogP contribution >= 0.6 is 11.3 Å². The minimum absolute atomic E-state index is 0.222. The standard InChI is InChI=1S/C17H15N3OS/c21-17(20-14-7-2-1-3-8-14)19-12-13-6-4-5-9-15(13)16-18-10-11-22-16/h1-11H,12H2,(H2,19,20,21). The fourth-order valence-corrected chi connectivity index (χ4v) is 2.81. The van der Waals surface area contributed by atoms with E-state index in [1.165, 1.54) is 0 Å². The number of nitrogens with zero attached hydrogens (tertiary/aromatic N) is 1. The maximum Gasteiger partial charge on any atom is 0.319 e. The number of thiazole rings is 1. The van der Waals surface area contributed by atoms with Crippen LogP contribution in [0.1, 0.15) is 5.56 Å². The first-order valence-corrected chi connectivity index (χ1v) is 7.78. The Morgan fingerprint density at radius 2 is 1.82 bits per heavy atom. The fraction of sp³-hybridized carbons (Fsp3) is 0.0588. The van der Waals surface area contributed by atoms with Crippen LogP contribution in [0.25, 0.3) is 10.6 Å². The van der Waals surface area contributed by atoms with E-state index in [1.807, 2.05) is 60.0 Å². The molecule has 110 valence electrons. The average molecular weight is 309 g/mol. The van der Waals surface area contributed by atoms with Crippen molar-refractivity contribution in [2.45, 2.75) is 6.54 Å². The quantitative estimate of drug-likeness (QED) is 0.761. The smallest absolute Gasteiger partial charge is 0.319 e. The summed E-state index contributed by atoms with van der Waals surface area (Å²) in [6.45, 7) is 0.453. The van der Waals surface area contributed by atoms with Crippen LogP contribution in [0, 0.1) is 0 Å². The van der Waals surface area contributed by atoms with Crippen LogP contribution in [0.4, 0.5) is 10.5 Å². The molecule has 3 aromatic rings. The molecular weight excluding hydrogens is 294 g/mol. The molecule has 0 spiro atoms. The van der Waals surface area contributed by atoms with Gasteiger partial charge in [0.2, 0.25) is 0 Å². The third-order valence-corrected chi connectivity index (χ3v) is 3.96. The summed E-state index contributed by atoms with van der Waals surface area (Å²) < 4.78 is 0. The van der Waals surface area contributed by atoms with E-state index in [4.69, 9.17) is 0 Å². The Kier molecular flexibility index (Phi) is 4.46. The highest BCUT2D eigenvalue weighted by molar-refractivity contribution is 7.13. The second-order valence-corrected chi connectivity index (χ2v) is 5.56. The van der Waals surface area contributed by atoms with E-state index >= 15 is 0 Å². The molecule has 2 N–H and O–H groups in total. The number of nitrogens with one attached hydrogen (secondary N) is 2. The molecule has 0 saturated heterocycles. The third-order valence-electron chi connectivity index (χ3n) is 3.15. The highest BCUT2D eigenvalue weighted by Crippen LogP contribution is 2.25. The third kappa shape index (κ3) is 3.51. The number of urea groups is 1. The van der Waals surface area contributed by atoms with E-state index in [1.54, 1.807) is 17.5 Å². The number of carbonyl (C=O) groups excluding carboxylic acids is 1. The van der Waals surface area contributed by atoms with Gasteiger partial charge in [-0.1, -0.05) is 42.5 Å². The van der Waals surface area contributed by atoms with Gasteiger partial charge in [-0.05, 0) is 17.7 Å². The highest BCUT2D eigenvalue weighted by atomic mass is 32.1. The van der Waals surface area contributed by atoms with Crippen molar-refractivity contribution in [3.8, 4) is 10.6 Å². The number of aromatic nitrogens is 1. The summed E-state index contributed by atoms with van der Waals surface area (Å²) in [4.78, 5) is 16.3. The molecule has 0 fully saturated rings. The number of rotatable bonds is 4. The van der Waals surface area contributed by atoms with Crippen LogP contribution in [0.2, 0.25) is 0 Å². The first-order chi connectivity index (χ1) is 10.8. The Bertz CT molecular complexity index is 742. The monoisotopic (exact) mass is 309 g/mol. The summed E-state index contributed by atoms with van der Waals surface area (Å²) in [6, 6.07) is 17.1. The molecule has 0 unspecified atom stereocenters. The van der Waals surface area contributed by atoms with E-state index in [-0.39, 0.29) is 6.03 Å². The normalized spacial score (nSPS) is 10.2. The maximum absolute atomic E-state index is 11.9. The van der Waals surface area contributed by atoms with Gasteiger partial charge in [0.25, 0.3) is 0 Å². The topological polar surface area (TPSA) is 54.0 Å². The Balaban J connectivity index is 1.66. The second kappa shape index (κ2) is 6.87. The number of para-hydroxylation sites is 1. The number of benzene rings is 2. The van der Waals surface area contributed by atoms with Crippen LogP contribution in [0.15, 0.2) is 66.2 Å². The van der Waals surface area contributed by atoms with E-state index < -0.39 is 0 Å². The molecule has 0 bridgehead atoms. The van der Waals surface area contributed by atoms with Crippen LogP contribution in [-0.2, 0) is 6.54 Å². The lowest BCUT2D eigenvalue weighted by Crippen LogP contribution is -2.28. The molecule has 22 heavy (non-hydrogen) atoms. The number of anilines is 1. The molecule has 2 aromatic carbocycles. The van der Waals surface area contributed by atoms with Gasteiger partial charge in [0, 0.05) is 29.4 Å². The largest absolute Gasteiger partial charge is 0.334 e. The molecule has 1 aromatic heterocycles. The van der Waals surface area contributed by atoms with Crippen molar-refractivity contribution in [3.05, 3.63) is 71.7 Å². The van der Waals surface area contributed by atoms with E-state index in [9.17, 15) is 4.79 Å². The first-order valence-electron chi connectivity index (χ1n) is 6.90. The molecule has 2 amide bonds. The van der Waals surface area contributed by atoms with Gasteiger partial charge in [0.05, 0.1) is 0 Å². The van der Waals surface area contributed by atoms with Gasteiger partial charge in [0.1, 0.15) is 5.01 Å². The van der Waals surface area contributed by atoms with Crippen molar-refractivity contribution < 1.29 is 4.79 Å². The molecule has 4 nitrogen and oxygen atoms in total. The van der Waals surface area contributed by atoms with Gasteiger partial charge in [0.15, 0.2) is 0 Å². The molecule has 0 aliphatic rings. The SMILES string of the molecule is O=C(NCc1ccccc1-c1nccs1)Nc1ccccc1. The van der Waals surface area contributed by atoms with Crippen LogP contribution in [0.5, 0.6) is 0 Å². The molecule has 0 aliphatic carbocycles. The highest BCUT2D eigenvalue weighted by Gasteiger charge is 2.08. The van der Waals surface area contributed by atoms with Crippen molar-refractivity contribution in [1.82, 2.24) is 10.3 Å². The molecule has 0 aliphatic heterocycles. The van der Waals surface area contributed by atoms with Crippen LogP contribution < -0.4 is 10.6 Å². The predicted molar refractivity (Wildman–Crippen MR) is 89.9 cm³/mol. The average Bonchev–Trinajstić information content (AvgIpc) is 3.08. The van der Waals surface area contributed by atoms with Crippen LogP contribution in [-0.4, -0.2) is 11.0 Å². The summed E-state index contributed by atoms with van der Waals surface area (Å²) in [7, 11) is 0. The molecule has 5 heteroatoms. The minimum atomic E-state index is -0.222. The summed E-state index contributed by atoms with van der Waals surface area (Å²) >= 11 is 1.59. The zero-order valence-electron chi connectivity index (χ0n) is 11.8. The molecule has 0 saturated carbocycles. The van der Waals surface area contributed by atoms with E-state index in [0.717, 1.165) is 21.8 Å². The van der Waals surface area contributed by atoms with Gasteiger partial charge in [-0.2, -0.15) is 0 Å². The lowest BCUT2D eigenvalue weighted by molar-refractivity contribution is 0.252. The lowest BCUT2D eigenvalue weighted by atomic mass is 10.1. The lowest BCUT2D eigenvalue weighted by Gasteiger charge is -2.10. The van der Waals surface area contributed by atoms with Crippen molar-refractivity contribution in [1.29, 1.82) is 0 Å². The maximum atomic E-state index is 11.9. The van der Waals surface area contributed by atoms with Crippen molar-refractivity contribution in [3.63, 3.8) is 0 Å². The number of hydrogen-bond donors (Lipinski definition) is 2. The first kappa shape index (κ1) is 14.3. The zero-order chi connectivity index (χ0) is 15.2.